The molecule has 1 aromatic rings. The number of ether oxygens (including phenoxy) is 1. The van der Waals surface area contributed by atoms with Gasteiger partial charge in [-0.15, -0.1) is 0 Å². The van der Waals surface area contributed by atoms with E-state index < -0.39 is 10.0 Å². The van der Waals surface area contributed by atoms with Crippen molar-refractivity contribution < 1.29 is 17.9 Å². The van der Waals surface area contributed by atoms with Crippen molar-refractivity contribution in [2.24, 2.45) is 0 Å². The third kappa shape index (κ3) is 3.33. The third-order valence-electron chi connectivity index (χ3n) is 3.25. The Hall–Kier alpha value is -1.25. The fraction of sp³-hybridized carbons (Fsp3) is 0.462. The van der Waals surface area contributed by atoms with Crippen molar-refractivity contribution in [1.29, 1.82) is 0 Å². The highest BCUT2D eigenvalue weighted by Gasteiger charge is 2.27. The number of rotatable bonds is 4. The molecule has 0 bridgehead atoms. The number of carbonyl (C=O) groups excluding carboxylic acids is 1. The van der Waals surface area contributed by atoms with Crippen LogP contribution in [0.15, 0.2) is 23.1 Å². The SMILES string of the molecule is CNC(=O)c1cc(S(=O)(=O)N2CCSCC2)ccc1OC. The third-order valence-corrected chi connectivity index (χ3v) is 6.09. The van der Waals surface area contributed by atoms with Crippen LogP contribution in [0.3, 0.4) is 0 Å². The maximum atomic E-state index is 12.6. The molecular formula is C13H18N2O4S2. The first-order valence-corrected chi connectivity index (χ1v) is 9.08. The van der Waals surface area contributed by atoms with Gasteiger partial charge in [0.1, 0.15) is 5.75 Å². The van der Waals surface area contributed by atoms with Crippen LogP contribution in [0.1, 0.15) is 10.4 Å². The molecule has 116 valence electrons. The van der Waals surface area contributed by atoms with Crippen molar-refractivity contribution in [1.82, 2.24) is 9.62 Å². The summed E-state index contributed by atoms with van der Waals surface area (Å²) in [5.74, 6) is 1.55. The van der Waals surface area contributed by atoms with Crippen LogP contribution in [0.5, 0.6) is 5.75 Å². The molecule has 1 heterocycles. The summed E-state index contributed by atoms with van der Waals surface area (Å²) in [6.45, 7) is 0.989. The van der Waals surface area contributed by atoms with E-state index in [1.54, 1.807) is 11.8 Å². The molecule has 0 unspecified atom stereocenters. The molecule has 0 spiro atoms. The quantitative estimate of drug-likeness (QED) is 0.883. The molecule has 1 aliphatic heterocycles. The highest BCUT2D eigenvalue weighted by atomic mass is 32.2. The summed E-state index contributed by atoms with van der Waals surface area (Å²) in [5, 5.41) is 2.48. The molecule has 1 fully saturated rings. The van der Waals surface area contributed by atoms with Crippen LogP contribution in [-0.4, -0.2) is 57.4 Å². The molecule has 1 N–H and O–H groups in total. The van der Waals surface area contributed by atoms with Crippen molar-refractivity contribution in [3.05, 3.63) is 23.8 Å². The number of nitrogens with one attached hydrogen (secondary N) is 1. The van der Waals surface area contributed by atoms with Crippen molar-refractivity contribution >= 4 is 27.7 Å². The lowest BCUT2D eigenvalue weighted by Crippen LogP contribution is -2.38. The zero-order valence-electron chi connectivity index (χ0n) is 12.0. The van der Waals surface area contributed by atoms with Crippen molar-refractivity contribution in [3.8, 4) is 5.75 Å². The topological polar surface area (TPSA) is 75.7 Å². The van der Waals surface area contributed by atoms with E-state index in [4.69, 9.17) is 4.74 Å². The van der Waals surface area contributed by atoms with Gasteiger partial charge in [0.2, 0.25) is 10.0 Å². The van der Waals surface area contributed by atoms with E-state index >= 15 is 0 Å². The molecule has 0 aromatic heterocycles. The fourth-order valence-corrected chi connectivity index (χ4v) is 4.70. The predicted molar refractivity (Wildman–Crippen MR) is 82.5 cm³/mol. The largest absolute Gasteiger partial charge is 0.496 e. The lowest BCUT2D eigenvalue weighted by atomic mass is 10.2. The van der Waals surface area contributed by atoms with E-state index in [1.807, 2.05) is 0 Å². The zero-order valence-corrected chi connectivity index (χ0v) is 13.6. The molecule has 0 atom stereocenters. The van der Waals surface area contributed by atoms with Gasteiger partial charge >= 0.3 is 0 Å². The minimum atomic E-state index is -3.57. The van der Waals surface area contributed by atoms with Crippen LogP contribution < -0.4 is 10.1 Å². The smallest absolute Gasteiger partial charge is 0.254 e. The molecular weight excluding hydrogens is 312 g/mol. The zero-order chi connectivity index (χ0) is 15.5. The van der Waals surface area contributed by atoms with Gasteiger partial charge in [-0.2, -0.15) is 16.1 Å². The summed E-state index contributed by atoms with van der Waals surface area (Å²) in [7, 11) is -0.634. The Bertz CT molecular complexity index is 625. The highest BCUT2D eigenvalue weighted by molar-refractivity contribution is 7.99. The second kappa shape index (κ2) is 6.67. The molecule has 21 heavy (non-hydrogen) atoms. The Morgan fingerprint density at radius 2 is 2.00 bits per heavy atom. The second-order valence-corrected chi connectivity index (χ2v) is 7.62. The summed E-state index contributed by atoms with van der Waals surface area (Å²) in [5.41, 5.74) is 0.215. The van der Waals surface area contributed by atoms with Gasteiger partial charge in [0.15, 0.2) is 0 Å². The Kier molecular flexibility index (Phi) is 5.13. The first kappa shape index (κ1) is 16.1. The number of thioether (sulfide) groups is 1. The summed E-state index contributed by atoms with van der Waals surface area (Å²) in [6.07, 6.45) is 0. The Morgan fingerprint density at radius 1 is 1.33 bits per heavy atom. The summed E-state index contributed by atoms with van der Waals surface area (Å²) < 4.78 is 31.8. The average Bonchev–Trinajstić information content (AvgIpc) is 2.54. The monoisotopic (exact) mass is 330 g/mol. The molecule has 6 nitrogen and oxygen atoms in total. The number of amides is 1. The van der Waals surface area contributed by atoms with Gasteiger partial charge in [-0.25, -0.2) is 8.42 Å². The van der Waals surface area contributed by atoms with E-state index in [1.165, 1.54) is 36.7 Å². The van der Waals surface area contributed by atoms with Gasteiger partial charge in [0.25, 0.3) is 5.91 Å². The average molecular weight is 330 g/mol. The van der Waals surface area contributed by atoms with Gasteiger partial charge in [0, 0.05) is 31.6 Å². The van der Waals surface area contributed by atoms with Crippen LogP contribution in [0.2, 0.25) is 0 Å². The molecule has 0 saturated carbocycles. The van der Waals surface area contributed by atoms with Gasteiger partial charge in [-0.3, -0.25) is 4.79 Å². The predicted octanol–water partition coefficient (Wildman–Crippen LogP) is 0.792. The van der Waals surface area contributed by atoms with Crippen LogP contribution in [0.25, 0.3) is 0 Å². The van der Waals surface area contributed by atoms with Gasteiger partial charge in [-0.1, -0.05) is 0 Å². The standard InChI is InChI=1S/C13H18N2O4S2/c1-14-13(16)11-9-10(3-4-12(11)19-2)21(17,18)15-5-7-20-8-6-15/h3-4,9H,5-8H2,1-2H3,(H,14,16). The Balaban J connectivity index is 2.41. The highest BCUT2D eigenvalue weighted by Crippen LogP contribution is 2.26. The Labute approximate surface area is 128 Å². The fourth-order valence-electron chi connectivity index (χ4n) is 2.10. The first-order chi connectivity index (χ1) is 10.0. The summed E-state index contributed by atoms with van der Waals surface area (Å²) in [6, 6.07) is 4.35. The normalized spacial score (nSPS) is 16.5. The van der Waals surface area contributed by atoms with Crippen LogP contribution in [0, 0.1) is 0 Å². The number of sulfonamides is 1. The minimum Gasteiger partial charge on any atom is -0.496 e. The van der Waals surface area contributed by atoms with Crippen LogP contribution in [-0.2, 0) is 10.0 Å². The molecule has 1 aliphatic rings. The van der Waals surface area contributed by atoms with E-state index in [2.05, 4.69) is 5.32 Å². The minimum absolute atomic E-state index is 0.119. The summed E-state index contributed by atoms with van der Waals surface area (Å²) >= 11 is 1.74. The van der Waals surface area contributed by atoms with E-state index in [0.29, 0.717) is 18.8 Å². The van der Waals surface area contributed by atoms with Gasteiger partial charge in [-0.05, 0) is 18.2 Å². The van der Waals surface area contributed by atoms with Crippen LogP contribution >= 0.6 is 11.8 Å². The lowest BCUT2D eigenvalue weighted by Gasteiger charge is -2.25. The summed E-state index contributed by atoms with van der Waals surface area (Å²) in [4.78, 5) is 12.0. The van der Waals surface area contributed by atoms with Crippen molar-refractivity contribution in [2.45, 2.75) is 4.90 Å². The number of carbonyl (C=O) groups is 1. The molecule has 0 aliphatic carbocycles. The number of hydrogen-bond acceptors (Lipinski definition) is 5. The van der Waals surface area contributed by atoms with E-state index in [0.717, 1.165) is 11.5 Å². The number of methoxy groups -OCH3 is 1. The number of nitrogens with zero attached hydrogens (tertiary/aromatic N) is 1. The molecule has 1 saturated heterocycles. The lowest BCUT2D eigenvalue weighted by molar-refractivity contribution is 0.0960. The maximum Gasteiger partial charge on any atom is 0.254 e. The maximum absolute atomic E-state index is 12.6. The van der Waals surface area contributed by atoms with E-state index in [9.17, 15) is 13.2 Å². The molecule has 1 aromatic carbocycles. The van der Waals surface area contributed by atoms with Gasteiger partial charge < -0.3 is 10.1 Å². The van der Waals surface area contributed by atoms with E-state index in [-0.39, 0.29) is 16.4 Å². The second-order valence-electron chi connectivity index (χ2n) is 4.46. The molecule has 0 radical (unpaired) electrons. The molecule has 1 amide bonds. The number of hydrogen-bond donors (Lipinski definition) is 1. The molecule has 8 heteroatoms. The van der Waals surface area contributed by atoms with Crippen molar-refractivity contribution in [3.63, 3.8) is 0 Å². The molecule has 2 rings (SSSR count). The van der Waals surface area contributed by atoms with Crippen molar-refractivity contribution in [2.75, 3.05) is 38.8 Å². The Morgan fingerprint density at radius 3 is 2.57 bits per heavy atom. The first-order valence-electron chi connectivity index (χ1n) is 6.48. The van der Waals surface area contributed by atoms with Gasteiger partial charge in [0.05, 0.1) is 17.6 Å². The number of benzene rings is 1. The van der Waals surface area contributed by atoms with Crippen LogP contribution in [0.4, 0.5) is 0 Å².